The Hall–Kier alpha value is -1.63. The molecule has 0 unspecified atom stereocenters. The van der Waals surface area contributed by atoms with Gasteiger partial charge in [-0.25, -0.2) is 0 Å². The monoisotopic (exact) mass is 410 g/mol. The third-order valence-electron chi connectivity index (χ3n) is 3.17. The zero-order valence-corrected chi connectivity index (χ0v) is 15.3. The molecule has 1 aromatic heterocycles. The van der Waals surface area contributed by atoms with Crippen molar-refractivity contribution in [2.45, 2.75) is 0 Å². The summed E-state index contributed by atoms with van der Waals surface area (Å²) >= 11 is 10.8. The lowest BCUT2D eigenvalue weighted by Crippen LogP contribution is -2.17. The van der Waals surface area contributed by atoms with Gasteiger partial charge in [-0.1, -0.05) is 29.0 Å². The van der Waals surface area contributed by atoms with E-state index in [-0.39, 0.29) is 12.5 Å². The fourth-order valence-corrected chi connectivity index (χ4v) is 4.03. The van der Waals surface area contributed by atoms with Crippen molar-refractivity contribution >= 4 is 55.0 Å². The zero-order valence-electron chi connectivity index (χ0n) is 12.1. The number of benzene rings is 2. The van der Waals surface area contributed by atoms with Crippen LogP contribution in [0.1, 0.15) is 0 Å². The van der Waals surface area contributed by atoms with Gasteiger partial charge < -0.3 is 9.30 Å². The van der Waals surface area contributed by atoms with Crippen LogP contribution in [0.15, 0.2) is 51.9 Å². The van der Waals surface area contributed by atoms with E-state index < -0.39 is 0 Å². The molecule has 1 amide bonds. The van der Waals surface area contributed by atoms with Crippen LogP contribution in [0, 0.1) is 0 Å². The van der Waals surface area contributed by atoms with Gasteiger partial charge in [-0.05, 0) is 52.3 Å². The molecule has 0 saturated carbocycles. The van der Waals surface area contributed by atoms with Crippen LogP contribution in [0.5, 0.6) is 5.75 Å². The number of fused-ring (bicyclic) bond motifs is 1. The molecule has 0 aliphatic heterocycles. The molecule has 0 bridgehead atoms. The zero-order chi connectivity index (χ0) is 16.4. The Morgan fingerprint density at radius 3 is 2.74 bits per heavy atom. The fourth-order valence-electron chi connectivity index (χ4n) is 2.08. The summed E-state index contributed by atoms with van der Waals surface area (Å²) < 4.78 is 9.34. The normalized spacial score (nSPS) is 11.9. The maximum absolute atomic E-state index is 12.0. The summed E-state index contributed by atoms with van der Waals surface area (Å²) in [5, 5.41) is 0.622. The average molecular weight is 412 g/mol. The van der Waals surface area contributed by atoms with E-state index in [4.69, 9.17) is 16.3 Å². The Kier molecular flexibility index (Phi) is 4.84. The molecule has 118 valence electrons. The third kappa shape index (κ3) is 3.65. The number of carbonyl (C=O) groups is 1. The van der Waals surface area contributed by atoms with Crippen molar-refractivity contribution in [2.75, 3.05) is 6.61 Å². The van der Waals surface area contributed by atoms with Crippen LogP contribution < -0.4 is 9.54 Å². The van der Waals surface area contributed by atoms with Crippen molar-refractivity contribution in [3.8, 4) is 5.75 Å². The van der Waals surface area contributed by atoms with Crippen LogP contribution in [0.4, 0.5) is 0 Å². The molecular formula is C16H12BrClN2O2S. The molecule has 0 fully saturated rings. The van der Waals surface area contributed by atoms with E-state index in [1.165, 1.54) is 11.3 Å². The van der Waals surface area contributed by atoms with E-state index >= 15 is 0 Å². The number of aromatic nitrogens is 1. The number of ether oxygens (including phenoxy) is 1. The SMILES string of the molecule is Cn1c(=NC(=O)COc2ccc(Cl)cc2)sc2cccc(Br)c21. The molecule has 3 rings (SSSR count). The molecular weight excluding hydrogens is 400 g/mol. The topological polar surface area (TPSA) is 43.6 Å². The molecule has 0 radical (unpaired) electrons. The Morgan fingerprint density at radius 2 is 2.04 bits per heavy atom. The minimum Gasteiger partial charge on any atom is -0.484 e. The first-order valence-electron chi connectivity index (χ1n) is 6.74. The van der Waals surface area contributed by atoms with Gasteiger partial charge in [-0.2, -0.15) is 4.99 Å². The third-order valence-corrected chi connectivity index (χ3v) is 5.16. The Bertz CT molecular complexity index is 931. The second-order valence-corrected chi connectivity index (χ2v) is 7.08. The van der Waals surface area contributed by atoms with Gasteiger partial charge in [-0.15, -0.1) is 0 Å². The van der Waals surface area contributed by atoms with Crippen molar-refractivity contribution in [1.82, 2.24) is 4.57 Å². The predicted octanol–water partition coefficient (Wildman–Crippen LogP) is 4.16. The number of aryl methyl sites for hydroxylation is 1. The first-order valence-corrected chi connectivity index (χ1v) is 8.73. The van der Waals surface area contributed by atoms with E-state index in [1.54, 1.807) is 24.3 Å². The number of hydrogen-bond donors (Lipinski definition) is 0. The first-order chi connectivity index (χ1) is 11.0. The van der Waals surface area contributed by atoms with E-state index in [0.29, 0.717) is 15.6 Å². The van der Waals surface area contributed by atoms with Crippen LogP contribution in [0.25, 0.3) is 10.2 Å². The van der Waals surface area contributed by atoms with Crippen molar-refractivity contribution in [1.29, 1.82) is 0 Å². The van der Waals surface area contributed by atoms with Gasteiger partial charge in [0.15, 0.2) is 11.4 Å². The van der Waals surface area contributed by atoms with Gasteiger partial charge >= 0.3 is 0 Å². The van der Waals surface area contributed by atoms with Gasteiger partial charge in [0, 0.05) is 16.5 Å². The van der Waals surface area contributed by atoms with Gasteiger partial charge in [0.05, 0.1) is 10.2 Å². The van der Waals surface area contributed by atoms with Crippen molar-refractivity contribution in [3.05, 3.63) is 56.8 Å². The fraction of sp³-hybridized carbons (Fsp3) is 0.125. The Balaban J connectivity index is 1.81. The lowest BCUT2D eigenvalue weighted by molar-refractivity contribution is -0.120. The number of rotatable bonds is 3. The smallest absolute Gasteiger partial charge is 0.286 e. The van der Waals surface area contributed by atoms with Crippen LogP contribution in [0.3, 0.4) is 0 Å². The van der Waals surface area contributed by atoms with E-state index in [0.717, 1.165) is 14.7 Å². The van der Waals surface area contributed by atoms with Crippen LogP contribution >= 0.6 is 38.9 Å². The van der Waals surface area contributed by atoms with Gasteiger partial charge in [-0.3, -0.25) is 4.79 Å². The minimum absolute atomic E-state index is 0.114. The number of para-hydroxylation sites is 1. The van der Waals surface area contributed by atoms with Gasteiger partial charge in [0.25, 0.3) is 5.91 Å². The molecule has 0 aliphatic carbocycles. The molecule has 0 atom stereocenters. The summed E-state index contributed by atoms with van der Waals surface area (Å²) in [6, 6.07) is 12.8. The number of thiazole rings is 1. The summed E-state index contributed by atoms with van der Waals surface area (Å²) in [7, 11) is 1.88. The molecule has 23 heavy (non-hydrogen) atoms. The predicted molar refractivity (Wildman–Crippen MR) is 96.0 cm³/mol. The van der Waals surface area contributed by atoms with E-state index in [9.17, 15) is 4.79 Å². The maximum atomic E-state index is 12.0. The minimum atomic E-state index is -0.335. The first kappa shape index (κ1) is 16.2. The summed E-state index contributed by atoms with van der Waals surface area (Å²) in [6.07, 6.45) is 0. The molecule has 7 heteroatoms. The van der Waals surface area contributed by atoms with Gasteiger partial charge in [0.1, 0.15) is 5.75 Å². The number of hydrogen-bond acceptors (Lipinski definition) is 3. The number of carbonyl (C=O) groups excluding carboxylic acids is 1. The molecule has 0 N–H and O–H groups in total. The summed E-state index contributed by atoms with van der Waals surface area (Å²) in [5.41, 5.74) is 1.02. The van der Waals surface area contributed by atoms with Crippen molar-refractivity contribution in [3.63, 3.8) is 0 Å². The maximum Gasteiger partial charge on any atom is 0.286 e. The average Bonchev–Trinajstić information content (AvgIpc) is 2.84. The van der Waals surface area contributed by atoms with Crippen LogP contribution in [0.2, 0.25) is 5.02 Å². The number of nitrogens with zero attached hydrogens (tertiary/aromatic N) is 2. The molecule has 0 saturated heterocycles. The summed E-state index contributed by atoms with van der Waals surface area (Å²) in [6.45, 7) is -0.114. The molecule has 2 aromatic carbocycles. The van der Waals surface area contributed by atoms with Gasteiger partial charge in [0.2, 0.25) is 0 Å². The Morgan fingerprint density at radius 1 is 1.30 bits per heavy atom. The Labute approximate surface area is 150 Å². The van der Waals surface area contributed by atoms with E-state index in [2.05, 4.69) is 20.9 Å². The second-order valence-electron chi connectivity index (χ2n) is 4.78. The lowest BCUT2D eigenvalue weighted by atomic mass is 10.3. The number of amides is 1. The summed E-state index contributed by atoms with van der Waals surface area (Å²) in [4.78, 5) is 16.8. The van der Waals surface area contributed by atoms with Crippen LogP contribution in [-0.2, 0) is 11.8 Å². The highest BCUT2D eigenvalue weighted by molar-refractivity contribution is 9.10. The molecule has 0 aliphatic rings. The standard InChI is InChI=1S/C16H12BrClN2O2S/c1-20-15-12(17)3-2-4-13(15)23-16(20)19-14(21)9-22-11-7-5-10(18)6-8-11/h2-8H,9H2,1H3. The highest BCUT2D eigenvalue weighted by Gasteiger charge is 2.08. The quantitative estimate of drug-likeness (QED) is 0.649. The van der Waals surface area contributed by atoms with Crippen molar-refractivity contribution in [2.24, 2.45) is 12.0 Å². The highest BCUT2D eigenvalue weighted by atomic mass is 79.9. The lowest BCUT2D eigenvalue weighted by Gasteiger charge is -2.02. The second kappa shape index (κ2) is 6.86. The summed E-state index contributed by atoms with van der Waals surface area (Å²) in [5.74, 6) is 0.250. The largest absolute Gasteiger partial charge is 0.484 e. The molecule has 4 nitrogen and oxygen atoms in total. The highest BCUT2D eigenvalue weighted by Crippen LogP contribution is 2.24. The van der Waals surface area contributed by atoms with E-state index in [1.807, 2.05) is 29.8 Å². The van der Waals surface area contributed by atoms with Crippen molar-refractivity contribution < 1.29 is 9.53 Å². The molecule has 0 spiro atoms. The molecule has 3 aromatic rings. The molecule has 1 heterocycles. The number of halogens is 2. The van der Waals surface area contributed by atoms with Crippen LogP contribution in [-0.4, -0.2) is 17.1 Å².